The summed E-state index contributed by atoms with van der Waals surface area (Å²) < 4.78 is 1.38. The second kappa shape index (κ2) is 10.7. The lowest BCUT2D eigenvalue weighted by Crippen LogP contribution is -2.42. The summed E-state index contributed by atoms with van der Waals surface area (Å²) in [4.78, 5) is 42.8. The van der Waals surface area contributed by atoms with E-state index in [9.17, 15) is 14.4 Å². The number of rotatable bonds is 8. The summed E-state index contributed by atoms with van der Waals surface area (Å²) in [6.45, 7) is 3.69. The number of amides is 1. The maximum atomic E-state index is 13.9. The number of para-hydroxylation sites is 1. The summed E-state index contributed by atoms with van der Waals surface area (Å²) >= 11 is 0. The number of nitrogens with one attached hydrogen (secondary N) is 1. The van der Waals surface area contributed by atoms with Crippen molar-refractivity contribution in [3.05, 3.63) is 125 Å². The SMILES string of the molecule is CCC(C)N(CC(=O)c1c(-c2ccccc2)[nH]n(-c2ccccc2)c1=O)C(=O)c1ccc2ccccc2c1. The molecule has 0 radical (unpaired) electrons. The predicted octanol–water partition coefficient (Wildman–Crippen LogP) is 6.11. The van der Waals surface area contributed by atoms with E-state index in [2.05, 4.69) is 5.10 Å². The topological polar surface area (TPSA) is 75.2 Å². The molecule has 1 heterocycles. The van der Waals surface area contributed by atoms with Crippen LogP contribution >= 0.6 is 0 Å². The molecule has 1 atom stereocenters. The molecule has 0 aliphatic carbocycles. The minimum Gasteiger partial charge on any atom is -0.328 e. The van der Waals surface area contributed by atoms with E-state index >= 15 is 0 Å². The van der Waals surface area contributed by atoms with Crippen molar-refractivity contribution >= 4 is 22.5 Å². The summed E-state index contributed by atoms with van der Waals surface area (Å²) in [5.41, 5.74) is 1.89. The molecule has 4 aromatic carbocycles. The highest BCUT2D eigenvalue weighted by molar-refractivity contribution is 6.06. The maximum absolute atomic E-state index is 13.9. The van der Waals surface area contributed by atoms with Gasteiger partial charge in [0.2, 0.25) is 0 Å². The smallest absolute Gasteiger partial charge is 0.282 e. The Morgan fingerprint density at radius 1 is 0.842 bits per heavy atom. The van der Waals surface area contributed by atoms with Gasteiger partial charge in [-0.15, -0.1) is 0 Å². The van der Waals surface area contributed by atoms with Crippen LogP contribution in [0.2, 0.25) is 0 Å². The van der Waals surface area contributed by atoms with Gasteiger partial charge in [0.25, 0.3) is 11.5 Å². The summed E-state index contributed by atoms with van der Waals surface area (Å²) in [5, 5.41) is 5.13. The highest BCUT2D eigenvalue weighted by atomic mass is 16.2. The van der Waals surface area contributed by atoms with Crippen LogP contribution in [0.15, 0.2) is 108 Å². The number of carbonyl (C=O) groups excluding carboxylic acids is 2. The zero-order valence-electron chi connectivity index (χ0n) is 21.4. The van der Waals surface area contributed by atoms with E-state index in [0.717, 1.165) is 16.3 Å². The van der Waals surface area contributed by atoms with Crippen molar-refractivity contribution in [1.82, 2.24) is 14.7 Å². The monoisotopic (exact) mass is 503 g/mol. The van der Waals surface area contributed by atoms with Gasteiger partial charge < -0.3 is 4.90 Å². The molecule has 1 aromatic heterocycles. The number of ketones is 1. The van der Waals surface area contributed by atoms with Crippen molar-refractivity contribution in [3.8, 4) is 16.9 Å². The van der Waals surface area contributed by atoms with Crippen LogP contribution in [0, 0.1) is 0 Å². The Hall–Kier alpha value is -4.71. The van der Waals surface area contributed by atoms with Gasteiger partial charge in [0.1, 0.15) is 5.56 Å². The second-order valence-corrected chi connectivity index (χ2v) is 9.38. The van der Waals surface area contributed by atoms with Crippen molar-refractivity contribution in [2.45, 2.75) is 26.3 Å². The van der Waals surface area contributed by atoms with Gasteiger partial charge in [0.05, 0.1) is 17.9 Å². The first-order valence-corrected chi connectivity index (χ1v) is 12.8. The first-order valence-electron chi connectivity index (χ1n) is 12.8. The first-order chi connectivity index (χ1) is 18.5. The highest BCUT2D eigenvalue weighted by Gasteiger charge is 2.29. The standard InChI is InChI=1S/C32H29N3O3/c1-3-22(2)34(31(37)26-19-18-23-12-10-11-15-25(23)20-26)21-28(36)29-30(24-13-6-4-7-14-24)33-35(32(29)38)27-16-8-5-9-17-27/h4-20,22,33H,3,21H2,1-2H3. The maximum Gasteiger partial charge on any atom is 0.282 e. The number of aromatic amines is 1. The molecule has 1 amide bonds. The molecule has 5 aromatic rings. The fourth-order valence-electron chi connectivity index (χ4n) is 4.64. The summed E-state index contributed by atoms with van der Waals surface area (Å²) in [6.07, 6.45) is 0.666. The molecule has 38 heavy (non-hydrogen) atoms. The van der Waals surface area contributed by atoms with Crippen LogP contribution in [0.5, 0.6) is 0 Å². The Morgan fingerprint density at radius 2 is 1.47 bits per heavy atom. The van der Waals surface area contributed by atoms with Crippen molar-refractivity contribution in [3.63, 3.8) is 0 Å². The third-order valence-corrected chi connectivity index (χ3v) is 6.94. The molecule has 0 saturated heterocycles. The molecule has 5 rings (SSSR count). The molecule has 0 bridgehead atoms. The van der Waals surface area contributed by atoms with Crippen molar-refractivity contribution in [2.75, 3.05) is 6.54 Å². The van der Waals surface area contributed by atoms with E-state index < -0.39 is 11.3 Å². The molecule has 0 fully saturated rings. The molecule has 6 heteroatoms. The van der Waals surface area contributed by atoms with E-state index in [-0.39, 0.29) is 24.1 Å². The second-order valence-electron chi connectivity index (χ2n) is 9.38. The molecule has 190 valence electrons. The summed E-state index contributed by atoms with van der Waals surface area (Å²) in [5.74, 6) is -0.646. The number of benzene rings is 4. The number of fused-ring (bicyclic) bond motifs is 1. The number of hydrogen-bond donors (Lipinski definition) is 1. The zero-order chi connectivity index (χ0) is 26.6. The molecule has 0 saturated carbocycles. The van der Waals surface area contributed by atoms with Gasteiger partial charge in [-0.3, -0.25) is 19.5 Å². The van der Waals surface area contributed by atoms with Gasteiger partial charge in [-0.1, -0.05) is 85.8 Å². The Morgan fingerprint density at radius 3 is 2.16 bits per heavy atom. The fourth-order valence-corrected chi connectivity index (χ4v) is 4.64. The number of aromatic nitrogens is 2. The predicted molar refractivity (Wildman–Crippen MR) is 151 cm³/mol. The van der Waals surface area contributed by atoms with Crippen LogP contribution in [-0.4, -0.2) is 39.0 Å². The number of hydrogen-bond acceptors (Lipinski definition) is 3. The van der Waals surface area contributed by atoms with Crippen LogP contribution in [0.1, 0.15) is 41.0 Å². The summed E-state index contributed by atoms with van der Waals surface area (Å²) in [6, 6.07) is 31.6. The number of Topliss-reactive ketones (excluding diaryl/α,β-unsaturated/α-hetero) is 1. The van der Waals surface area contributed by atoms with Gasteiger partial charge in [-0.05, 0) is 48.4 Å². The molecule has 1 unspecified atom stereocenters. The Labute approximate surface area is 221 Å². The number of H-pyrrole nitrogens is 1. The van der Waals surface area contributed by atoms with E-state index in [1.807, 2.05) is 98.8 Å². The Kier molecular flexibility index (Phi) is 7.05. The molecular formula is C32H29N3O3. The van der Waals surface area contributed by atoms with Crippen LogP contribution in [0.25, 0.3) is 27.7 Å². The third kappa shape index (κ3) is 4.81. The van der Waals surface area contributed by atoms with Gasteiger partial charge in [-0.2, -0.15) is 0 Å². The van der Waals surface area contributed by atoms with Crippen molar-refractivity contribution in [2.24, 2.45) is 0 Å². The van der Waals surface area contributed by atoms with Crippen LogP contribution < -0.4 is 5.56 Å². The normalized spacial score (nSPS) is 11.8. The van der Waals surface area contributed by atoms with Gasteiger partial charge in [0.15, 0.2) is 5.78 Å². The molecule has 6 nitrogen and oxygen atoms in total. The van der Waals surface area contributed by atoms with Crippen LogP contribution in [0.4, 0.5) is 0 Å². The largest absolute Gasteiger partial charge is 0.328 e. The molecule has 0 aliphatic rings. The Balaban J connectivity index is 1.55. The van der Waals surface area contributed by atoms with Crippen molar-refractivity contribution in [1.29, 1.82) is 0 Å². The van der Waals surface area contributed by atoms with Gasteiger partial charge >= 0.3 is 0 Å². The molecular weight excluding hydrogens is 474 g/mol. The van der Waals surface area contributed by atoms with E-state index in [0.29, 0.717) is 23.4 Å². The summed E-state index contributed by atoms with van der Waals surface area (Å²) in [7, 11) is 0. The van der Waals surface area contributed by atoms with Crippen LogP contribution in [0.3, 0.4) is 0 Å². The Bertz CT molecular complexity index is 1650. The lowest BCUT2D eigenvalue weighted by atomic mass is 10.0. The number of nitrogens with zero attached hydrogens (tertiary/aromatic N) is 2. The van der Waals surface area contributed by atoms with Crippen molar-refractivity contribution < 1.29 is 9.59 Å². The minimum absolute atomic E-state index is 0.0414. The van der Waals surface area contributed by atoms with Crippen LogP contribution in [-0.2, 0) is 0 Å². The zero-order valence-corrected chi connectivity index (χ0v) is 21.4. The molecule has 1 N–H and O–H groups in total. The van der Waals surface area contributed by atoms with E-state index in [1.54, 1.807) is 23.1 Å². The quantitative estimate of drug-likeness (QED) is 0.260. The third-order valence-electron chi connectivity index (χ3n) is 6.94. The fraction of sp³-hybridized carbons (Fsp3) is 0.156. The number of carbonyl (C=O) groups is 2. The highest BCUT2D eigenvalue weighted by Crippen LogP contribution is 2.23. The first kappa shape index (κ1) is 25.0. The van der Waals surface area contributed by atoms with E-state index in [1.165, 1.54) is 4.68 Å². The molecule has 0 aliphatic heterocycles. The lowest BCUT2D eigenvalue weighted by molar-refractivity contribution is 0.0645. The van der Waals surface area contributed by atoms with Gasteiger partial charge in [0, 0.05) is 17.2 Å². The molecule has 0 spiro atoms. The average molecular weight is 504 g/mol. The van der Waals surface area contributed by atoms with Gasteiger partial charge in [-0.25, -0.2) is 4.68 Å². The average Bonchev–Trinajstić information content (AvgIpc) is 3.32. The lowest BCUT2D eigenvalue weighted by Gasteiger charge is -2.28. The minimum atomic E-state index is -0.442. The van der Waals surface area contributed by atoms with E-state index in [4.69, 9.17) is 0 Å².